The molecule has 0 unspecified atom stereocenters. The molecule has 5 nitrogen and oxygen atoms in total. The van der Waals surface area contributed by atoms with Crippen molar-refractivity contribution >= 4 is 23.1 Å². The van der Waals surface area contributed by atoms with E-state index in [1.807, 2.05) is 4.90 Å². The number of anilines is 1. The van der Waals surface area contributed by atoms with Crippen LogP contribution in [0, 0.1) is 0 Å². The lowest BCUT2D eigenvalue weighted by Gasteiger charge is -2.35. The average molecular weight is 279 g/mol. The molecular weight excluding hydrogens is 269 g/mol. The maximum atomic E-state index is 12.8. The van der Waals surface area contributed by atoms with E-state index in [-0.39, 0.29) is 4.88 Å². The SMILES string of the molecule is O=C(O)c1ccc(-c2nccc(N3CC(F)C3)n2)s1. The molecule has 3 rings (SSSR count). The fraction of sp³-hybridized carbons (Fsp3) is 0.250. The highest BCUT2D eigenvalue weighted by atomic mass is 32.1. The molecule has 0 amide bonds. The molecule has 0 atom stereocenters. The zero-order valence-corrected chi connectivity index (χ0v) is 10.6. The molecule has 0 radical (unpaired) electrons. The number of thiophene rings is 1. The van der Waals surface area contributed by atoms with Crippen LogP contribution < -0.4 is 4.90 Å². The van der Waals surface area contributed by atoms with Crippen molar-refractivity contribution in [2.24, 2.45) is 0 Å². The second-order valence-corrected chi connectivity index (χ2v) is 5.29. The minimum absolute atomic E-state index is 0.247. The fourth-order valence-electron chi connectivity index (χ4n) is 1.83. The van der Waals surface area contributed by atoms with Crippen molar-refractivity contribution in [2.45, 2.75) is 6.17 Å². The monoisotopic (exact) mass is 279 g/mol. The van der Waals surface area contributed by atoms with Crippen molar-refractivity contribution in [3.8, 4) is 10.7 Å². The highest BCUT2D eigenvalue weighted by Gasteiger charge is 2.27. The molecule has 0 bridgehead atoms. The summed E-state index contributed by atoms with van der Waals surface area (Å²) in [5.74, 6) is 0.178. The summed E-state index contributed by atoms with van der Waals surface area (Å²) in [5.41, 5.74) is 0. The summed E-state index contributed by atoms with van der Waals surface area (Å²) in [6.45, 7) is 0.697. The van der Waals surface area contributed by atoms with Gasteiger partial charge in [-0.05, 0) is 18.2 Å². The molecule has 98 valence electrons. The molecule has 0 aliphatic carbocycles. The lowest BCUT2D eigenvalue weighted by Crippen LogP contribution is -2.48. The van der Waals surface area contributed by atoms with Gasteiger partial charge >= 0.3 is 5.97 Å². The Hall–Kier alpha value is -2.02. The van der Waals surface area contributed by atoms with Gasteiger partial charge in [-0.15, -0.1) is 11.3 Å². The van der Waals surface area contributed by atoms with E-state index in [4.69, 9.17) is 5.11 Å². The van der Waals surface area contributed by atoms with Crippen molar-refractivity contribution in [3.63, 3.8) is 0 Å². The number of carboxylic acids is 1. The number of alkyl halides is 1. The first kappa shape index (κ1) is 12.0. The molecule has 7 heteroatoms. The van der Waals surface area contributed by atoms with Crippen LogP contribution in [0.15, 0.2) is 24.4 Å². The van der Waals surface area contributed by atoms with Gasteiger partial charge in [0.05, 0.1) is 18.0 Å². The number of nitrogens with zero attached hydrogens (tertiary/aromatic N) is 3. The van der Waals surface area contributed by atoms with Crippen LogP contribution in [0.3, 0.4) is 0 Å². The van der Waals surface area contributed by atoms with Crippen LogP contribution >= 0.6 is 11.3 Å². The van der Waals surface area contributed by atoms with Gasteiger partial charge in [0.1, 0.15) is 16.9 Å². The van der Waals surface area contributed by atoms with E-state index in [0.29, 0.717) is 29.6 Å². The zero-order chi connectivity index (χ0) is 13.4. The first-order chi connectivity index (χ1) is 9.13. The third-order valence-electron chi connectivity index (χ3n) is 2.84. The van der Waals surface area contributed by atoms with Gasteiger partial charge in [-0.3, -0.25) is 0 Å². The fourth-order valence-corrected chi connectivity index (χ4v) is 2.61. The molecule has 1 N–H and O–H groups in total. The third kappa shape index (κ3) is 2.28. The predicted molar refractivity (Wildman–Crippen MR) is 69.4 cm³/mol. The maximum Gasteiger partial charge on any atom is 0.345 e. The molecule has 1 aliphatic rings. The van der Waals surface area contributed by atoms with Crippen LogP contribution in [0.25, 0.3) is 10.7 Å². The molecule has 1 fully saturated rings. The number of aromatic nitrogens is 2. The van der Waals surface area contributed by atoms with Crippen molar-refractivity contribution in [2.75, 3.05) is 18.0 Å². The van der Waals surface area contributed by atoms with Gasteiger partial charge in [-0.1, -0.05) is 0 Å². The predicted octanol–water partition coefficient (Wildman–Crippen LogP) is 2.06. The largest absolute Gasteiger partial charge is 0.477 e. The van der Waals surface area contributed by atoms with Gasteiger partial charge in [-0.2, -0.15) is 0 Å². The molecule has 2 aromatic rings. The Morgan fingerprint density at radius 2 is 2.21 bits per heavy atom. The van der Waals surface area contributed by atoms with Gasteiger partial charge in [0.15, 0.2) is 5.82 Å². The van der Waals surface area contributed by atoms with Crippen LogP contribution in [0.5, 0.6) is 0 Å². The van der Waals surface area contributed by atoms with E-state index in [1.165, 1.54) is 6.07 Å². The van der Waals surface area contributed by atoms with Crippen LogP contribution in [0.1, 0.15) is 9.67 Å². The normalized spacial score (nSPS) is 15.3. The number of carbonyl (C=O) groups is 1. The first-order valence-electron chi connectivity index (χ1n) is 5.69. The van der Waals surface area contributed by atoms with Crippen molar-refractivity contribution in [1.29, 1.82) is 0 Å². The smallest absolute Gasteiger partial charge is 0.345 e. The Morgan fingerprint density at radius 3 is 2.84 bits per heavy atom. The van der Waals surface area contributed by atoms with Crippen molar-refractivity contribution < 1.29 is 14.3 Å². The highest BCUT2D eigenvalue weighted by molar-refractivity contribution is 7.17. The van der Waals surface area contributed by atoms with Crippen LogP contribution in [0.4, 0.5) is 10.2 Å². The standard InChI is InChI=1S/C12H10FN3O2S/c13-7-5-16(6-7)10-3-4-14-11(15-10)8-1-2-9(19-8)12(17)18/h1-4,7H,5-6H2,(H,17,18). The molecule has 1 aliphatic heterocycles. The van der Waals surface area contributed by atoms with E-state index < -0.39 is 12.1 Å². The maximum absolute atomic E-state index is 12.8. The van der Waals surface area contributed by atoms with E-state index in [9.17, 15) is 9.18 Å². The van der Waals surface area contributed by atoms with E-state index in [1.54, 1.807) is 18.3 Å². The van der Waals surface area contributed by atoms with Crippen molar-refractivity contribution in [3.05, 3.63) is 29.3 Å². The highest BCUT2D eigenvalue weighted by Crippen LogP contribution is 2.27. The Bertz CT molecular complexity index is 625. The second-order valence-electron chi connectivity index (χ2n) is 4.21. The van der Waals surface area contributed by atoms with Gasteiger partial charge in [0.25, 0.3) is 0 Å². The van der Waals surface area contributed by atoms with E-state index in [2.05, 4.69) is 9.97 Å². The summed E-state index contributed by atoms with van der Waals surface area (Å²) in [5, 5.41) is 8.88. The Kier molecular flexibility index (Phi) is 2.90. The minimum atomic E-state index is -0.963. The van der Waals surface area contributed by atoms with Gasteiger partial charge in [0, 0.05) is 6.20 Å². The molecule has 1 saturated heterocycles. The minimum Gasteiger partial charge on any atom is -0.477 e. The molecule has 2 aromatic heterocycles. The van der Waals surface area contributed by atoms with Crippen LogP contribution in [0.2, 0.25) is 0 Å². The lowest BCUT2D eigenvalue weighted by atomic mass is 10.2. The third-order valence-corrected chi connectivity index (χ3v) is 3.91. The Labute approximate surface area is 112 Å². The summed E-state index contributed by atoms with van der Waals surface area (Å²) in [4.78, 5) is 22.1. The van der Waals surface area contributed by atoms with Crippen molar-refractivity contribution in [1.82, 2.24) is 9.97 Å². The zero-order valence-electron chi connectivity index (χ0n) is 9.78. The topological polar surface area (TPSA) is 66.3 Å². The summed E-state index contributed by atoms with van der Waals surface area (Å²) in [6.07, 6.45) is 0.808. The number of hydrogen-bond donors (Lipinski definition) is 1. The quantitative estimate of drug-likeness (QED) is 0.931. The number of aromatic carboxylic acids is 1. The average Bonchev–Trinajstić information content (AvgIpc) is 2.85. The number of rotatable bonds is 3. The molecule has 3 heterocycles. The molecular formula is C12H10FN3O2S. The molecule has 19 heavy (non-hydrogen) atoms. The first-order valence-corrected chi connectivity index (χ1v) is 6.50. The number of hydrogen-bond acceptors (Lipinski definition) is 5. The van der Waals surface area contributed by atoms with Gasteiger partial charge in [-0.25, -0.2) is 19.2 Å². The summed E-state index contributed by atoms with van der Waals surface area (Å²) >= 11 is 1.12. The summed E-state index contributed by atoms with van der Waals surface area (Å²) in [7, 11) is 0. The second kappa shape index (κ2) is 4.58. The molecule has 0 saturated carbocycles. The van der Waals surface area contributed by atoms with E-state index in [0.717, 1.165) is 11.3 Å². The molecule has 0 spiro atoms. The number of halogens is 1. The summed E-state index contributed by atoms with van der Waals surface area (Å²) in [6, 6.07) is 4.93. The van der Waals surface area contributed by atoms with Crippen LogP contribution in [-0.2, 0) is 0 Å². The summed E-state index contributed by atoms with van der Waals surface area (Å²) < 4.78 is 12.8. The van der Waals surface area contributed by atoms with Crippen LogP contribution in [-0.4, -0.2) is 40.3 Å². The Morgan fingerprint density at radius 1 is 1.42 bits per heavy atom. The lowest BCUT2D eigenvalue weighted by molar-refractivity contribution is 0.0702. The van der Waals surface area contributed by atoms with E-state index >= 15 is 0 Å². The van der Waals surface area contributed by atoms with Gasteiger partial charge < -0.3 is 10.0 Å². The number of carboxylic acid groups (broad SMARTS) is 1. The molecule has 0 aromatic carbocycles. The Balaban J connectivity index is 1.87. The van der Waals surface area contributed by atoms with Gasteiger partial charge in [0.2, 0.25) is 0 Å².